The van der Waals surface area contributed by atoms with Gasteiger partial charge < -0.3 is 5.32 Å². The van der Waals surface area contributed by atoms with Crippen LogP contribution >= 0.6 is 11.6 Å². The molecule has 0 unspecified atom stereocenters. The molecule has 0 atom stereocenters. The number of alkyl halides is 3. The molecule has 1 heterocycles. The summed E-state index contributed by atoms with van der Waals surface area (Å²) in [5.41, 5.74) is 2.62. The minimum absolute atomic E-state index is 0.244. The van der Waals surface area contributed by atoms with Gasteiger partial charge >= 0.3 is 6.18 Å². The number of halogens is 4. The molecule has 0 aliphatic carbocycles. The molecule has 0 saturated heterocycles. The van der Waals surface area contributed by atoms with Crippen molar-refractivity contribution >= 4 is 23.1 Å². The van der Waals surface area contributed by atoms with Crippen LogP contribution in [0.3, 0.4) is 0 Å². The Morgan fingerprint density at radius 2 is 1.57 bits per heavy atom. The fourth-order valence-corrected chi connectivity index (χ4v) is 2.04. The molecule has 0 aliphatic rings. The van der Waals surface area contributed by atoms with E-state index >= 15 is 0 Å². The lowest BCUT2D eigenvalue weighted by Gasteiger charge is -2.15. The summed E-state index contributed by atoms with van der Waals surface area (Å²) in [6.07, 6.45) is -3.88. The number of nitrogens with zero attached hydrogens (tertiary/aromatic N) is 2. The zero-order valence-electron chi connectivity index (χ0n) is 13.6. The SMILES string of the molecule is CC.Cc1cc(Nc2nc(Cl)ncc2C(F)(F)F)cc(C)c1C. The molecule has 3 nitrogen and oxygen atoms in total. The third kappa shape index (κ3) is 4.82. The van der Waals surface area contributed by atoms with Crippen molar-refractivity contribution in [3.8, 4) is 0 Å². The first kappa shape index (κ1) is 19.2. The van der Waals surface area contributed by atoms with E-state index in [1.54, 1.807) is 12.1 Å². The highest BCUT2D eigenvalue weighted by Crippen LogP contribution is 2.35. The Kier molecular flexibility index (Phi) is 6.38. The molecule has 1 N–H and O–H groups in total. The van der Waals surface area contributed by atoms with Crippen molar-refractivity contribution in [2.24, 2.45) is 0 Å². The van der Waals surface area contributed by atoms with Crippen molar-refractivity contribution in [1.82, 2.24) is 9.97 Å². The third-order valence-corrected chi connectivity index (χ3v) is 3.44. The molecule has 126 valence electrons. The maximum atomic E-state index is 12.9. The average molecular weight is 346 g/mol. The van der Waals surface area contributed by atoms with Gasteiger partial charge in [-0.25, -0.2) is 4.98 Å². The third-order valence-electron chi connectivity index (χ3n) is 3.25. The predicted octanol–water partition coefficient (Wildman–Crippen LogP) is 5.84. The van der Waals surface area contributed by atoms with E-state index in [1.807, 2.05) is 34.6 Å². The molecule has 0 saturated carbocycles. The Labute approximate surface area is 138 Å². The van der Waals surface area contributed by atoms with Gasteiger partial charge in [-0.2, -0.15) is 18.2 Å². The van der Waals surface area contributed by atoms with E-state index in [9.17, 15) is 13.2 Å². The molecule has 0 amide bonds. The van der Waals surface area contributed by atoms with Crippen LogP contribution in [0.1, 0.15) is 36.1 Å². The monoisotopic (exact) mass is 345 g/mol. The molecule has 1 aromatic carbocycles. The molecule has 0 aliphatic heterocycles. The number of rotatable bonds is 2. The van der Waals surface area contributed by atoms with Gasteiger partial charge in [0.15, 0.2) is 0 Å². The molecule has 2 rings (SSSR count). The molecule has 7 heteroatoms. The van der Waals surface area contributed by atoms with Crippen molar-refractivity contribution in [2.45, 2.75) is 40.8 Å². The van der Waals surface area contributed by atoms with Gasteiger partial charge in [0.1, 0.15) is 11.4 Å². The molecular formula is C16H19ClF3N3. The number of benzene rings is 1. The van der Waals surface area contributed by atoms with Gasteiger partial charge in [0.25, 0.3) is 0 Å². The van der Waals surface area contributed by atoms with Crippen LogP contribution < -0.4 is 5.32 Å². The van der Waals surface area contributed by atoms with E-state index < -0.39 is 11.7 Å². The second-order valence-electron chi connectivity index (χ2n) is 4.76. The first-order valence-corrected chi connectivity index (χ1v) is 7.51. The summed E-state index contributed by atoms with van der Waals surface area (Å²) in [6.45, 7) is 9.74. The highest BCUT2D eigenvalue weighted by atomic mass is 35.5. The maximum absolute atomic E-state index is 12.9. The summed E-state index contributed by atoms with van der Waals surface area (Å²) in [5.74, 6) is -0.356. The van der Waals surface area contributed by atoms with Crippen molar-refractivity contribution in [2.75, 3.05) is 5.32 Å². The van der Waals surface area contributed by atoms with Crippen LogP contribution in [-0.4, -0.2) is 9.97 Å². The lowest BCUT2D eigenvalue weighted by atomic mass is 10.0. The van der Waals surface area contributed by atoms with E-state index in [-0.39, 0.29) is 11.1 Å². The van der Waals surface area contributed by atoms with E-state index in [2.05, 4.69) is 15.3 Å². The summed E-state index contributed by atoms with van der Waals surface area (Å²) in [5, 5.41) is 2.43. The van der Waals surface area contributed by atoms with Crippen LogP contribution in [0, 0.1) is 20.8 Å². The summed E-state index contributed by atoms with van der Waals surface area (Å²) < 4.78 is 38.8. The lowest BCUT2D eigenvalue weighted by Crippen LogP contribution is -2.11. The maximum Gasteiger partial charge on any atom is 0.421 e. The first-order valence-electron chi connectivity index (χ1n) is 7.13. The summed E-state index contributed by atoms with van der Waals surface area (Å²) in [7, 11) is 0. The Bertz CT molecular complexity index is 662. The summed E-state index contributed by atoms with van der Waals surface area (Å²) in [6, 6.07) is 3.52. The molecule has 1 aromatic heterocycles. The Hall–Kier alpha value is -1.82. The second kappa shape index (κ2) is 7.64. The van der Waals surface area contributed by atoms with Crippen LogP contribution in [0.4, 0.5) is 24.7 Å². The van der Waals surface area contributed by atoms with Crippen molar-refractivity contribution in [3.63, 3.8) is 0 Å². The van der Waals surface area contributed by atoms with Gasteiger partial charge in [-0.1, -0.05) is 13.8 Å². The second-order valence-corrected chi connectivity index (χ2v) is 5.10. The van der Waals surface area contributed by atoms with Crippen LogP contribution in [-0.2, 0) is 6.18 Å². The Morgan fingerprint density at radius 3 is 2.04 bits per heavy atom. The zero-order valence-corrected chi connectivity index (χ0v) is 14.4. The molecule has 0 spiro atoms. The largest absolute Gasteiger partial charge is 0.421 e. The highest BCUT2D eigenvalue weighted by molar-refractivity contribution is 6.28. The van der Waals surface area contributed by atoms with Crippen LogP contribution in [0.5, 0.6) is 0 Å². The zero-order chi connectivity index (χ0) is 17.8. The normalized spacial score (nSPS) is 10.8. The molecular weight excluding hydrogens is 327 g/mol. The number of hydrogen-bond donors (Lipinski definition) is 1. The minimum Gasteiger partial charge on any atom is -0.340 e. The van der Waals surface area contributed by atoms with Crippen molar-refractivity contribution < 1.29 is 13.2 Å². The van der Waals surface area contributed by atoms with Crippen molar-refractivity contribution in [3.05, 3.63) is 45.9 Å². The van der Waals surface area contributed by atoms with Gasteiger partial charge in [0.2, 0.25) is 5.28 Å². The number of aryl methyl sites for hydroxylation is 2. The average Bonchev–Trinajstić information content (AvgIpc) is 2.45. The van der Waals surface area contributed by atoms with Gasteiger partial charge in [0.05, 0.1) is 0 Å². The van der Waals surface area contributed by atoms with Crippen LogP contribution in [0.25, 0.3) is 0 Å². The number of nitrogens with one attached hydrogen (secondary N) is 1. The minimum atomic E-state index is -4.55. The molecule has 0 fully saturated rings. The highest BCUT2D eigenvalue weighted by Gasteiger charge is 2.35. The standard InChI is InChI=1S/C14H13ClF3N3.C2H6/c1-7-4-10(5-8(2)9(7)3)20-12-11(14(16,17)18)6-19-13(15)21-12;1-2/h4-6H,1-3H3,(H,19,20,21);1-2H3. The van der Waals surface area contributed by atoms with E-state index in [0.29, 0.717) is 11.9 Å². The van der Waals surface area contributed by atoms with Gasteiger partial charge in [-0.15, -0.1) is 0 Å². The first-order chi connectivity index (χ1) is 10.7. The molecule has 0 radical (unpaired) electrons. The topological polar surface area (TPSA) is 37.8 Å². The van der Waals surface area contributed by atoms with Gasteiger partial charge in [-0.05, 0) is 61.2 Å². The number of aromatic nitrogens is 2. The van der Waals surface area contributed by atoms with E-state index in [4.69, 9.17) is 11.6 Å². The van der Waals surface area contributed by atoms with E-state index in [1.165, 1.54) is 0 Å². The number of hydrogen-bond acceptors (Lipinski definition) is 3. The van der Waals surface area contributed by atoms with Gasteiger partial charge in [-0.3, -0.25) is 0 Å². The number of anilines is 2. The van der Waals surface area contributed by atoms with Crippen molar-refractivity contribution in [1.29, 1.82) is 0 Å². The van der Waals surface area contributed by atoms with Crippen LogP contribution in [0.15, 0.2) is 18.3 Å². The van der Waals surface area contributed by atoms with Gasteiger partial charge in [0, 0.05) is 11.9 Å². The smallest absolute Gasteiger partial charge is 0.340 e. The van der Waals surface area contributed by atoms with Crippen LogP contribution in [0.2, 0.25) is 5.28 Å². The lowest BCUT2D eigenvalue weighted by molar-refractivity contribution is -0.137. The molecule has 23 heavy (non-hydrogen) atoms. The Balaban J connectivity index is 0.00000127. The predicted molar refractivity (Wildman–Crippen MR) is 87.3 cm³/mol. The summed E-state index contributed by atoms with van der Waals surface area (Å²) >= 11 is 5.59. The quantitative estimate of drug-likeness (QED) is 0.694. The summed E-state index contributed by atoms with van der Waals surface area (Å²) in [4.78, 5) is 7.03. The molecule has 2 aromatic rings. The van der Waals surface area contributed by atoms with E-state index in [0.717, 1.165) is 16.7 Å². The molecule has 0 bridgehead atoms. The Morgan fingerprint density at radius 1 is 1.04 bits per heavy atom. The fourth-order valence-electron chi connectivity index (χ4n) is 1.91. The fraction of sp³-hybridized carbons (Fsp3) is 0.375.